The molecule has 1 aliphatic rings. The van der Waals surface area contributed by atoms with E-state index in [4.69, 9.17) is 12.6 Å². The lowest BCUT2D eigenvalue weighted by atomic mass is 9.80. The fourth-order valence-corrected chi connectivity index (χ4v) is 0.505. The Balaban J connectivity index is 2.59. The number of ether oxygens (including phenoxy) is 1. The van der Waals surface area contributed by atoms with Crippen LogP contribution in [0.1, 0.15) is 20.8 Å². The number of hydrogen-bond acceptors (Lipinski definition) is 1. The fraction of sp³-hybridized carbons (Fsp3) is 1.00. The third-order valence-electron chi connectivity index (χ3n) is 1.62. The topological polar surface area (TPSA) is 12.5 Å². The molecule has 0 aromatic rings. The Kier molecular flexibility index (Phi) is 0.662. The molecule has 0 spiro atoms. The first-order valence-electron chi connectivity index (χ1n) is 2.45. The van der Waals surface area contributed by atoms with Crippen LogP contribution in [0.2, 0.25) is 0 Å². The van der Waals surface area contributed by atoms with Gasteiger partial charge in [0.2, 0.25) is 0 Å². The first-order valence-corrected chi connectivity index (χ1v) is 2.45. The van der Waals surface area contributed by atoms with Gasteiger partial charge in [-0.3, -0.25) is 0 Å². The summed E-state index contributed by atoms with van der Waals surface area (Å²) in [6.07, 6.45) is 0. The standard InChI is InChI=1S/C5H9BO/c1-4(2)5(3,6)7-4/h1-3H3. The zero-order valence-corrected chi connectivity index (χ0v) is 4.99. The summed E-state index contributed by atoms with van der Waals surface area (Å²) in [4.78, 5) is 0. The average Bonchev–Trinajstić information content (AvgIpc) is 1.63. The Morgan fingerprint density at radius 3 is 1.43 bits per heavy atom. The monoisotopic (exact) mass is 96.1 g/mol. The molecule has 0 aliphatic carbocycles. The molecule has 2 radical (unpaired) electrons. The first-order chi connectivity index (χ1) is 2.96. The SMILES string of the molecule is [B]C1(C)OC1(C)C. The van der Waals surface area contributed by atoms with Gasteiger partial charge in [-0.2, -0.15) is 0 Å². The summed E-state index contributed by atoms with van der Waals surface area (Å²) in [6.45, 7) is 5.84. The van der Waals surface area contributed by atoms with E-state index in [1.165, 1.54) is 0 Å². The summed E-state index contributed by atoms with van der Waals surface area (Å²) < 4.78 is 5.07. The van der Waals surface area contributed by atoms with Gasteiger partial charge in [-0.1, -0.05) is 0 Å². The average molecular weight is 95.9 g/mol. The van der Waals surface area contributed by atoms with Crippen molar-refractivity contribution >= 4 is 7.85 Å². The van der Waals surface area contributed by atoms with E-state index in [1.807, 2.05) is 20.8 Å². The van der Waals surface area contributed by atoms with Crippen LogP contribution in [-0.2, 0) is 4.74 Å². The minimum Gasteiger partial charge on any atom is -0.374 e. The van der Waals surface area contributed by atoms with E-state index in [2.05, 4.69) is 0 Å². The molecule has 1 aliphatic heterocycles. The second-order valence-electron chi connectivity index (χ2n) is 2.72. The fourth-order valence-electron chi connectivity index (χ4n) is 0.505. The highest BCUT2D eigenvalue weighted by molar-refractivity contribution is 6.17. The maximum Gasteiger partial charge on any atom is 0.117 e. The molecule has 0 bridgehead atoms. The molecule has 1 saturated heterocycles. The van der Waals surface area contributed by atoms with Gasteiger partial charge in [-0.25, -0.2) is 0 Å². The van der Waals surface area contributed by atoms with Crippen molar-refractivity contribution in [2.24, 2.45) is 0 Å². The van der Waals surface area contributed by atoms with Gasteiger partial charge in [-0.05, 0) is 20.8 Å². The third kappa shape index (κ3) is 0.575. The Morgan fingerprint density at radius 1 is 1.29 bits per heavy atom. The van der Waals surface area contributed by atoms with Crippen molar-refractivity contribution in [1.82, 2.24) is 0 Å². The maximum absolute atomic E-state index is 5.52. The minimum atomic E-state index is -0.354. The molecule has 0 N–H and O–H groups in total. The zero-order chi connectivity index (χ0) is 5.71. The van der Waals surface area contributed by atoms with Crippen molar-refractivity contribution in [3.05, 3.63) is 0 Å². The summed E-state index contributed by atoms with van der Waals surface area (Å²) >= 11 is 0. The molecule has 7 heavy (non-hydrogen) atoms. The molecule has 0 aromatic heterocycles. The quantitative estimate of drug-likeness (QED) is 0.319. The van der Waals surface area contributed by atoms with Crippen LogP contribution in [0.3, 0.4) is 0 Å². The summed E-state index contributed by atoms with van der Waals surface area (Å²) in [5.41, 5.74) is -0.431. The van der Waals surface area contributed by atoms with E-state index in [-0.39, 0.29) is 11.1 Å². The second kappa shape index (κ2) is 0.897. The number of hydrogen-bond donors (Lipinski definition) is 0. The molecule has 2 heteroatoms. The van der Waals surface area contributed by atoms with Gasteiger partial charge in [0.25, 0.3) is 0 Å². The number of epoxide rings is 1. The Hall–Kier alpha value is 0.0249. The maximum atomic E-state index is 5.52. The van der Waals surface area contributed by atoms with E-state index in [1.54, 1.807) is 0 Å². The van der Waals surface area contributed by atoms with Gasteiger partial charge < -0.3 is 4.74 Å². The molecule has 1 unspecified atom stereocenters. The van der Waals surface area contributed by atoms with Crippen LogP contribution < -0.4 is 0 Å². The molecule has 1 heterocycles. The highest BCUT2D eigenvalue weighted by Crippen LogP contribution is 2.43. The van der Waals surface area contributed by atoms with Crippen LogP contribution in [0.4, 0.5) is 0 Å². The van der Waals surface area contributed by atoms with Gasteiger partial charge in [0.15, 0.2) is 0 Å². The molecular weight excluding hydrogens is 86.9 g/mol. The van der Waals surface area contributed by atoms with Crippen molar-refractivity contribution in [1.29, 1.82) is 0 Å². The first kappa shape index (κ1) is 5.17. The molecule has 1 fully saturated rings. The van der Waals surface area contributed by atoms with Crippen LogP contribution in [-0.4, -0.2) is 18.9 Å². The van der Waals surface area contributed by atoms with Crippen molar-refractivity contribution in [2.45, 2.75) is 31.9 Å². The van der Waals surface area contributed by atoms with Crippen LogP contribution in [0.15, 0.2) is 0 Å². The lowest BCUT2D eigenvalue weighted by Crippen LogP contribution is -2.15. The third-order valence-corrected chi connectivity index (χ3v) is 1.62. The van der Waals surface area contributed by atoms with Crippen LogP contribution in [0.5, 0.6) is 0 Å². The summed E-state index contributed by atoms with van der Waals surface area (Å²) in [5, 5.41) is 0. The molecule has 0 amide bonds. The van der Waals surface area contributed by atoms with Gasteiger partial charge in [-0.15, -0.1) is 0 Å². The predicted molar refractivity (Wildman–Crippen MR) is 29.3 cm³/mol. The van der Waals surface area contributed by atoms with Gasteiger partial charge in [0.1, 0.15) is 7.85 Å². The van der Waals surface area contributed by atoms with E-state index in [9.17, 15) is 0 Å². The van der Waals surface area contributed by atoms with E-state index in [0.29, 0.717) is 0 Å². The molecule has 1 nitrogen and oxygen atoms in total. The lowest BCUT2D eigenvalue weighted by molar-refractivity contribution is 0.318. The molecular formula is C5H9BO. The summed E-state index contributed by atoms with van der Waals surface area (Å²) in [7, 11) is 5.52. The van der Waals surface area contributed by atoms with Gasteiger partial charge in [0, 0.05) is 0 Å². The smallest absolute Gasteiger partial charge is 0.117 e. The highest BCUT2D eigenvalue weighted by Gasteiger charge is 2.54. The van der Waals surface area contributed by atoms with E-state index < -0.39 is 0 Å². The lowest BCUT2D eigenvalue weighted by Gasteiger charge is -1.95. The van der Waals surface area contributed by atoms with Gasteiger partial charge in [0.05, 0.1) is 11.1 Å². The predicted octanol–water partition coefficient (Wildman–Crippen LogP) is 0.680. The van der Waals surface area contributed by atoms with Crippen LogP contribution >= 0.6 is 0 Å². The van der Waals surface area contributed by atoms with Crippen LogP contribution in [0.25, 0.3) is 0 Å². The second-order valence-corrected chi connectivity index (χ2v) is 2.72. The minimum absolute atomic E-state index is 0.0764. The molecule has 0 saturated carbocycles. The largest absolute Gasteiger partial charge is 0.374 e. The van der Waals surface area contributed by atoms with Crippen molar-refractivity contribution in [3.63, 3.8) is 0 Å². The molecule has 0 aromatic carbocycles. The van der Waals surface area contributed by atoms with Crippen LogP contribution in [0, 0.1) is 0 Å². The molecule has 1 rings (SSSR count). The highest BCUT2D eigenvalue weighted by atomic mass is 16.6. The Labute approximate surface area is 45.5 Å². The normalized spacial score (nSPS) is 46.1. The van der Waals surface area contributed by atoms with Crippen molar-refractivity contribution in [2.75, 3.05) is 0 Å². The molecule has 38 valence electrons. The molecule has 1 atom stereocenters. The van der Waals surface area contributed by atoms with Crippen molar-refractivity contribution in [3.8, 4) is 0 Å². The van der Waals surface area contributed by atoms with E-state index >= 15 is 0 Å². The van der Waals surface area contributed by atoms with Gasteiger partial charge >= 0.3 is 0 Å². The Morgan fingerprint density at radius 2 is 1.43 bits per heavy atom. The summed E-state index contributed by atoms with van der Waals surface area (Å²) in [5.74, 6) is 0. The van der Waals surface area contributed by atoms with Crippen molar-refractivity contribution < 1.29 is 4.74 Å². The summed E-state index contributed by atoms with van der Waals surface area (Å²) in [6, 6.07) is 0. The Bertz CT molecular complexity index is 84.3. The van der Waals surface area contributed by atoms with E-state index in [0.717, 1.165) is 0 Å². The zero-order valence-electron chi connectivity index (χ0n) is 4.99. The number of rotatable bonds is 0.